The summed E-state index contributed by atoms with van der Waals surface area (Å²) in [6, 6.07) is 21.0. The van der Waals surface area contributed by atoms with Gasteiger partial charge in [0.05, 0.1) is 5.52 Å². The van der Waals surface area contributed by atoms with E-state index in [0.717, 1.165) is 20.0 Å². The predicted molar refractivity (Wildman–Crippen MR) is 96.6 cm³/mol. The number of benzene rings is 3. The molecule has 3 aromatic carbocycles. The van der Waals surface area contributed by atoms with Gasteiger partial charge in [0, 0.05) is 30.8 Å². The number of nitrogens with one attached hydrogen (secondary N) is 1. The average Bonchev–Trinajstić information content (AvgIpc) is 2.87. The third-order valence-electron chi connectivity index (χ3n) is 3.76. The van der Waals surface area contributed by atoms with Crippen LogP contribution in [0.5, 0.6) is 0 Å². The molecular weight excluding hydrogens is 390 g/mol. The minimum absolute atomic E-state index is 1.07. The van der Waals surface area contributed by atoms with Crippen LogP contribution in [-0.2, 0) is 0 Å². The van der Waals surface area contributed by atoms with E-state index in [1.165, 1.54) is 21.9 Å². The SMILES string of the molecule is Brc1cc2c([nH]c3ccccc32)c(-c2ccccc2)c1Br. The summed E-state index contributed by atoms with van der Waals surface area (Å²) in [5.41, 5.74) is 4.71. The van der Waals surface area contributed by atoms with Gasteiger partial charge in [-0.05, 0) is 49.6 Å². The van der Waals surface area contributed by atoms with Crippen LogP contribution in [0.3, 0.4) is 0 Å². The lowest BCUT2D eigenvalue weighted by Crippen LogP contribution is -1.84. The molecule has 1 heterocycles. The molecule has 0 radical (unpaired) electrons. The summed E-state index contributed by atoms with van der Waals surface area (Å²) in [4.78, 5) is 3.56. The zero-order chi connectivity index (χ0) is 14.4. The molecule has 21 heavy (non-hydrogen) atoms. The van der Waals surface area contributed by atoms with Gasteiger partial charge in [-0.25, -0.2) is 0 Å². The molecule has 1 aromatic heterocycles. The number of rotatable bonds is 1. The second kappa shape index (κ2) is 5.00. The lowest BCUT2D eigenvalue weighted by molar-refractivity contribution is 1.51. The van der Waals surface area contributed by atoms with Crippen LogP contribution in [0.15, 0.2) is 69.6 Å². The largest absolute Gasteiger partial charge is 0.354 e. The maximum Gasteiger partial charge on any atom is 0.0556 e. The first kappa shape index (κ1) is 13.1. The molecule has 0 fully saturated rings. The van der Waals surface area contributed by atoms with Crippen molar-refractivity contribution in [3.63, 3.8) is 0 Å². The number of H-pyrrole nitrogens is 1. The Kier molecular flexibility index (Phi) is 3.12. The Morgan fingerprint density at radius 1 is 0.762 bits per heavy atom. The summed E-state index contributed by atoms with van der Waals surface area (Å²) in [7, 11) is 0. The molecule has 4 rings (SSSR count). The molecule has 0 spiro atoms. The lowest BCUT2D eigenvalue weighted by Gasteiger charge is -2.09. The molecular formula is C18H11Br2N. The van der Waals surface area contributed by atoms with Crippen molar-refractivity contribution in [2.45, 2.75) is 0 Å². The Labute approximate surface area is 139 Å². The number of aromatic nitrogens is 1. The molecule has 102 valence electrons. The van der Waals surface area contributed by atoms with E-state index < -0.39 is 0 Å². The van der Waals surface area contributed by atoms with E-state index in [4.69, 9.17) is 0 Å². The summed E-state index contributed by atoms with van der Waals surface area (Å²) < 4.78 is 2.14. The number of fused-ring (bicyclic) bond motifs is 3. The van der Waals surface area contributed by atoms with Gasteiger partial charge in [0.25, 0.3) is 0 Å². The van der Waals surface area contributed by atoms with Crippen LogP contribution >= 0.6 is 31.9 Å². The summed E-state index contributed by atoms with van der Waals surface area (Å²) in [5, 5.41) is 2.48. The van der Waals surface area contributed by atoms with Gasteiger partial charge < -0.3 is 4.98 Å². The first-order valence-electron chi connectivity index (χ1n) is 6.69. The maximum absolute atomic E-state index is 3.73. The van der Waals surface area contributed by atoms with Crippen LogP contribution in [0.25, 0.3) is 32.9 Å². The summed E-state index contributed by atoms with van der Waals surface area (Å²) >= 11 is 7.40. The molecule has 0 aliphatic heterocycles. The fourth-order valence-electron chi connectivity index (χ4n) is 2.81. The summed E-state index contributed by atoms with van der Waals surface area (Å²) in [5.74, 6) is 0. The van der Waals surface area contributed by atoms with E-state index >= 15 is 0 Å². The lowest BCUT2D eigenvalue weighted by atomic mass is 10.0. The standard InChI is InChI=1S/C18H11Br2N/c19-14-10-13-12-8-4-5-9-15(12)21-18(13)16(17(14)20)11-6-2-1-3-7-11/h1-10,21H. The van der Waals surface area contributed by atoms with Gasteiger partial charge in [-0.1, -0.05) is 48.5 Å². The van der Waals surface area contributed by atoms with E-state index in [-0.39, 0.29) is 0 Å². The van der Waals surface area contributed by atoms with Crippen molar-refractivity contribution in [3.05, 3.63) is 69.6 Å². The van der Waals surface area contributed by atoms with Gasteiger partial charge in [-0.15, -0.1) is 0 Å². The Balaban J connectivity index is 2.21. The predicted octanol–water partition coefficient (Wildman–Crippen LogP) is 6.51. The quantitative estimate of drug-likeness (QED) is 0.374. The van der Waals surface area contributed by atoms with Crippen LogP contribution in [0.4, 0.5) is 0 Å². The van der Waals surface area contributed by atoms with E-state index in [1.807, 2.05) is 6.07 Å². The second-order valence-corrected chi connectivity index (χ2v) is 6.65. The fraction of sp³-hybridized carbons (Fsp3) is 0. The fourth-order valence-corrected chi connectivity index (χ4v) is 3.77. The number of para-hydroxylation sites is 1. The van der Waals surface area contributed by atoms with Gasteiger partial charge in [0.1, 0.15) is 0 Å². The highest BCUT2D eigenvalue weighted by Gasteiger charge is 2.15. The van der Waals surface area contributed by atoms with Gasteiger partial charge in [-0.2, -0.15) is 0 Å². The number of aromatic amines is 1. The van der Waals surface area contributed by atoms with Crippen molar-refractivity contribution in [2.24, 2.45) is 0 Å². The smallest absolute Gasteiger partial charge is 0.0556 e. The molecule has 0 aliphatic carbocycles. The molecule has 1 nitrogen and oxygen atoms in total. The van der Waals surface area contributed by atoms with Crippen molar-refractivity contribution >= 4 is 53.7 Å². The first-order chi connectivity index (χ1) is 10.3. The molecule has 0 amide bonds. The molecule has 0 bridgehead atoms. The highest BCUT2D eigenvalue weighted by molar-refractivity contribution is 9.13. The van der Waals surface area contributed by atoms with Crippen LogP contribution in [-0.4, -0.2) is 4.98 Å². The highest BCUT2D eigenvalue weighted by Crippen LogP contribution is 2.42. The van der Waals surface area contributed by atoms with Crippen LogP contribution in [0.1, 0.15) is 0 Å². The van der Waals surface area contributed by atoms with Crippen LogP contribution in [0, 0.1) is 0 Å². The summed E-state index contributed by atoms with van der Waals surface area (Å²) in [6.45, 7) is 0. The van der Waals surface area contributed by atoms with E-state index in [2.05, 4.69) is 91.4 Å². The van der Waals surface area contributed by atoms with Gasteiger partial charge in [0.2, 0.25) is 0 Å². The van der Waals surface area contributed by atoms with Crippen molar-refractivity contribution in [2.75, 3.05) is 0 Å². The van der Waals surface area contributed by atoms with Crippen molar-refractivity contribution in [1.82, 2.24) is 4.98 Å². The molecule has 0 saturated carbocycles. The van der Waals surface area contributed by atoms with Crippen LogP contribution in [0.2, 0.25) is 0 Å². The minimum atomic E-state index is 1.07. The number of hydrogen-bond acceptors (Lipinski definition) is 0. The maximum atomic E-state index is 3.73. The Morgan fingerprint density at radius 3 is 2.29 bits per heavy atom. The van der Waals surface area contributed by atoms with Gasteiger partial charge in [0.15, 0.2) is 0 Å². The Hall–Kier alpha value is -1.58. The third-order valence-corrected chi connectivity index (χ3v) is 5.74. The van der Waals surface area contributed by atoms with E-state index in [9.17, 15) is 0 Å². The molecule has 0 saturated heterocycles. The summed E-state index contributed by atoms with van der Waals surface area (Å²) in [6.07, 6.45) is 0. The molecule has 3 heteroatoms. The Bertz CT molecular complexity index is 955. The topological polar surface area (TPSA) is 15.8 Å². The zero-order valence-electron chi connectivity index (χ0n) is 11.0. The monoisotopic (exact) mass is 399 g/mol. The first-order valence-corrected chi connectivity index (χ1v) is 8.28. The van der Waals surface area contributed by atoms with Crippen molar-refractivity contribution in [1.29, 1.82) is 0 Å². The highest BCUT2D eigenvalue weighted by atomic mass is 79.9. The number of hydrogen-bond donors (Lipinski definition) is 1. The van der Waals surface area contributed by atoms with E-state index in [1.54, 1.807) is 0 Å². The number of halogens is 2. The van der Waals surface area contributed by atoms with Crippen molar-refractivity contribution in [3.8, 4) is 11.1 Å². The van der Waals surface area contributed by atoms with Gasteiger partial charge in [-0.3, -0.25) is 0 Å². The molecule has 1 N–H and O–H groups in total. The molecule has 4 aromatic rings. The molecule has 0 aliphatic rings. The third kappa shape index (κ3) is 2.03. The average molecular weight is 401 g/mol. The minimum Gasteiger partial charge on any atom is -0.354 e. The second-order valence-electron chi connectivity index (χ2n) is 5.01. The molecule has 0 unspecified atom stereocenters. The van der Waals surface area contributed by atoms with E-state index in [0.29, 0.717) is 0 Å². The zero-order valence-corrected chi connectivity index (χ0v) is 14.2. The van der Waals surface area contributed by atoms with Crippen LogP contribution < -0.4 is 0 Å². The normalized spacial score (nSPS) is 11.3. The van der Waals surface area contributed by atoms with Crippen molar-refractivity contribution < 1.29 is 0 Å². The Morgan fingerprint density at radius 2 is 1.48 bits per heavy atom. The molecule has 0 atom stereocenters. The van der Waals surface area contributed by atoms with Gasteiger partial charge >= 0.3 is 0 Å².